The Morgan fingerprint density at radius 2 is 1.37 bits per heavy atom. The molecular weight excluding hydrogens is 262 g/mol. The van der Waals surface area contributed by atoms with Crippen LogP contribution >= 0.6 is 12.4 Å². The molecule has 0 aromatic rings. The highest BCUT2D eigenvalue weighted by atomic mass is 35.5. The average molecular weight is 292 g/mol. The first-order valence-corrected chi connectivity index (χ1v) is 7.03. The van der Waals surface area contributed by atoms with E-state index in [0.29, 0.717) is 5.96 Å². The Balaban J connectivity index is 0. The quantitative estimate of drug-likeness (QED) is 0.559. The fourth-order valence-electron chi connectivity index (χ4n) is 1.82. The number of aliphatic imine (C=N–C) groups is 1. The summed E-state index contributed by atoms with van der Waals surface area (Å²) in [7, 11) is 0. The van der Waals surface area contributed by atoms with Crippen LogP contribution < -0.4 is 5.73 Å². The van der Waals surface area contributed by atoms with E-state index in [4.69, 9.17) is 11.1 Å². The molecule has 3 N–H and O–H groups in total. The smallest absolute Gasteiger partial charge is 0.221 e. The molecule has 0 saturated carbocycles. The van der Waals surface area contributed by atoms with E-state index >= 15 is 0 Å². The van der Waals surface area contributed by atoms with Crippen LogP contribution in [0.2, 0.25) is 0 Å². The predicted molar refractivity (Wildman–Crippen MR) is 86.3 cm³/mol. The van der Waals surface area contributed by atoms with Gasteiger partial charge in [-0.05, 0) is 26.2 Å². The van der Waals surface area contributed by atoms with Crippen molar-refractivity contribution in [3.05, 3.63) is 0 Å². The van der Waals surface area contributed by atoms with Crippen LogP contribution in [0, 0.1) is 5.41 Å². The van der Waals surface area contributed by atoms with Crippen LogP contribution in [0.25, 0.3) is 0 Å². The number of hydrogen-bond donors (Lipinski definition) is 2. The molecular formula is C13H30ClN5. The molecule has 0 fully saturated rings. The van der Waals surface area contributed by atoms with Gasteiger partial charge in [-0.1, -0.05) is 20.8 Å². The SMILES string of the molecule is CCCN(CCC)C(=N)N=C(N)N(CC)CCC.Cl. The van der Waals surface area contributed by atoms with Crippen molar-refractivity contribution >= 4 is 24.3 Å². The van der Waals surface area contributed by atoms with Gasteiger partial charge in [-0.15, -0.1) is 12.4 Å². The minimum Gasteiger partial charge on any atom is -0.369 e. The molecule has 0 aliphatic rings. The average Bonchev–Trinajstić information content (AvgIpc) is 2.35. The van der Waals surface area contributed by atoms with Crippen molar-refractivity contribution in [3.8, 4) is 0 Å². The van der Waals surface area contributed by atoms with Gasteiger partial charge in [0.05, 0.1) is 0 Å². The molecule has 0 radical (unpaired) electrons. The van der Waals surface area contributed by atoms with Gasteiger partial charge in [-0.2, -0.15) is 4.99 Å². The zero-order valence-electron chi connectivity index (χ0n) is 12.8. The number of hydrogen-bond acceptors (Lipinski definition) is 1. The Hall–Kier alpha value is -0.970. The number of nitrogens with one attached hydrogen (secondary N) is 1. The summed E-state index contributed by atoms with van der Waals surface area (Å²) in [6.07, 6.45) is 3.07. The van der Waals surface area contributed by atoms with Crippen molar-refractivity contribution in [2.24, 2.45) is 10.7 Å². The largest absolute Gasteiger partial charge is 0.369 e. The van der Waals surface area contributed by atoms with Crippen LogP contribution in [0.15, 0.2) is 4.99 Å². The summed E-state index contributed by atoms with van der Waals surface area (Å²) < 4.78 is 0. The highest BCUT2D eigenvalue weighted by molar-refractivity contribution is 5.92. The number of guanidine groups is 2. The van der Waals surface area contributed by atoms with Crippen molar-refractivity contribution in [2.75, 3.05) is 26.2 Å². The third-order valence-corrected chi connectivity index (χ3v) is 2.71. The van der Waals surface area contributed by atoms with Gasteiger partial charge in [0, 0.05) is 26.2 Å². The molecule has 5 nitrogen and oxygen atoms in total. The van der Waals surface area contributed by atoms with Gasteiger partial charge in [0.2, 0.25) is 5.96 Å². The predicted octanol–water partition coefficient (Wildman–Crippen LogP) is 2.51. The molecule has 0 aliphatic heterocycles. The lowest BCUT2D eigenvalue weighted by Gasteiger charge is -2.24. The van der Waals surface area contributed by atoms with E-state index in [1.165, 1.54) is 0 Å². The fraction of sp³-hybridized carbons (Fsp3) is 0.846. The van der Waals surface area contributed by atoms with E-state index in [-0.39, 0.29) is 18.4 Å². The number of rotatable bonds is 7. The summed E-state index contributed by atoms with van der Waals surface area (Å²) in [6, 6.07) is 0. The summed E-state index contributed by atoms with van der Waals surface area (Å²) in [5.74, 6) is 0.743. The summed E-state index contributed by atoms with van der Waals surface area (Å²) in [5.41, 5.74) is 5.95. The van der Waals surface area contributed by atoms with Crippen molar-refractivity contribution in [2.45, 2.75) is 47.0 Å². The van der Waals surface area contributed by atoms with Gasteiger partial charge >= 0.3 is 0 Å². The Morgan fingerprint density at radius 3 is 1.74 bits per heavy atom. The minimum atomic E-state index is 0. The lowest BCUT2D eigenvalue weighted by atomic mass is 10.4. The van der Waals surface area contributed by atoms with Crippen molar-refractivity contribution in [1.29, 1.82) is 5.41 Å². The van der Waals surface area contributed by atoms with Crippen LogP contribution in [0.5, 0.6) is 0 Å². The molecule has 19 heavy (non-hydrogen) atoms. The molecule has 0 aromatic carbocycles. The van der Waals surface area contributed by atoms with Crippen LogP contribution in [-0.4, -0.2) is 47.9 Å². The van der Waals surface area contributed by atoms with Crippen LogP contribution in [0.4, 0.5) is 0 Å². The van der Waals surface area contributed by atoms with E-state index in [9.17, 15) is 0 Å². The summed E-state index contributed by atoms with van der Waals surface area (Å²) in [4.78, 5) is 8.22. The number of nitrogens with two attached hydrogens (primary N) is 1. The second kappa shape index (κ2) is 12.1. The minimum absolute atomic E-state index is 0. The maximum Gasteiger partial charge on any atom is 0.221 e. The van der Waals surface area contributed by atoms with Gasteiger partial charge in [0.25, 0.3) is 0 Å². The highest BCUT2D eigenvalue weighted by Crippen LogP contribution is 1.98. The topological polar surface area (TPSA) is 68.7 Å². The maximum absolute atomic E-state index is 8.02. The molecule has 0 spiro atoms. The van der Waals surface area contributed by atoms with Crippen molar-refractivity contribution in [1.82, 2.24) is 9.80 Å². The molecule has 0 atom stereocenters. The van der Waals surface area contributed by atoms with Gasteiger partial charge in [-0.3, -0.25) is 5.41 Å². The molecule has 0 unspecified atom stereocenters. The molecule has 0 amide bonds. The third kappa shape index (κ3) is 7.93. The third-order valence-electron chi connectivity index (χ3n) is 2.71. The molecule has 0 aromatic heterocycles. The lowest BCUT2D eigenvalue weighted by Crippen LogP contribution is -2.40. The Bertz CT molecular complexity index is 262. The fourth-order valence-corrected chi connectivity index (χ4v) is 1.82. The molecule has 0 heterocycles. The zero-order valence-corrected chi connectivity index (χ0v) is 13.6. The first-order chi connectivity index (χ1) is 8.60. The van der Waals surface area contributed by atoms with Gasteiger partial charge in [0.1, 0.15) is 0 Å². The molecule has 0 bridgehead atoms. The van der Waals surface area contributed by atoms with Gasteiger partial charge < -0.3 is 15.5 Å². The number of halogens is 1. The van der Waals surface area contributed by atoms with E-state index in [2.05, 4.69) is 32.7 Å². The van der Waals surface area contributed by atoms with E-state index in [1.807, 2.05) is 9.80 Å². The monoisotopic (exact) mass is 291 g/mol. The second-order valence-corrected chi connectivity index (χ2v) is 4.36. The van der Waals surface area contributed by atoms with E-state index in [1.54, 1.807) is 0 Å². The molecule has 6 heteroatoms. The zero-order chi connectivity index (χ0) is 14.0. The summed E-state index contributed by atoms with van der Waals surface area (Å²) >= 11 is 0. The maximum atomic E-state index is 8.02. The second-order valence-electron chi connectivity index (χ2n) is 4.36. The normalized spacial score (nSPS) is 10.8. The lowest BCUT2D eigenvalue weighted by molar-refractivity contribution is 0.405. The summed E-state index contributed by atoms with van der Waals surface area (Å²) in [5, 5.41) is 8.02. The van der Waals surface area contributed by atoms with Gasteiger partial charge in [0.15, 0.2) is 5.96 Å². The van der Waals surface area contributed by atoms with Crippen LogP contribution in [-0.2, 0) is 0 Å². The molecule has 0 rings (SSSR count). The highest BCUT2D eigenvalue weighted by Gasteiger charge is 2.10. The Labute approximate surface area is 124 Å². The van der Waals surface area contributed by atoms with Crippen molar-refractivity contribution in [3.63, 3.8) is 0 Å². The first kappa shape index (κ1) is 20.3. The standard InChI is InChI=1S/C13H29N5.ClH/c1-5-9-17(8-4)12(14)16-13(15)18(10-6-2)11-7-3;/h5-11H2,1-4H3,(H3,14,15,16);1H. The van der Waals surface area contributed by atoms with E-state index in [0.717, 1.165) is 45.4 Å². The Morgan fingerprint density at radius 1 is 0.947 bits per heavy atom. The van der Waals surface area contributed by atoms with Gasteiger partial charge in [-0.25, -0.2) is 0 Å². The van der Waals surface area contributed by atoms with Crippen LogP contribution in [0.3, 0.4) is 0 Å². The number of nitrogens with zero attached hydrogens (tertiary/aromatic N) is 3. The molecule has 114 valence electrons. The first-order valence-electron chi connectivity index (χ1n) is 7.03. The Kier molecular flexibility index (Phi) is 12.9. The van der Waals surface area contributed by atoms with E-state index < -0.39 is 0 Å². The van der Waals surface area contributed by atoms with Crippen LogP contribution in [0.1, 0.15) is 47.0 Å². The summed E-state index contributed by atoms with van der Waals surface area (Å²) in [6.45, 7) is 11.8. The molecule has 0 saturated heterocycles. The molecule has 0 aliphatic carbocycles. The van der Waals surface area contributed by atoms with Crippen molar-refractivity contribution < 1.29 is 0 Å².